The first-order chi connectivity index (χ1) is 9.01. The minimum atomic E-state index is -0.498. The second-order valence-corrected chi connectivity index (χ2v) is 5.80. The van der Waals surface area contributed by atoms with Crippen LogP contribution < -0.4 is 14.8 Å². The van der Waals surface area contributed by atoms with E-state index in [0.29, 0.717) is 23.8 Å². The number of hydrogen-bond donors (Lipinski definition) is 2. The van der Waals surface area contributed by atoms with Gasteiger partial charge in [0.05, 0.1) is 7.11 Å². The van der Waals surface area contributed by atoms with Crippen LogP contribution in [0.15, 0.2) is 24.3 Å². The van der Waals surface area contributed by atoms with E-state index in [1.165, 1.54) is 6.42 Å². The Kier molecular flexibility index (Phi) is 4.32. The standard InChI is InChI=1S/C15H23NO3/c1-15(2)8-14(15)16-9-11(17)10-19-13-6-4-5-12(7-13)18-3/h4-7,11,14,16-17H,8-10H2,1-3H3. The second-order valence-electron chi connectivity index (χ2n) is 5.80. The van der Waals surface area contributed by atoms with Gasteiger partial charge in [-0.2, -0.15) is 0 Å². The summed E-state index contributed by atoms with van der Waals surface area (Å²) in [5, 5.41) is 13.2. The van der Waals surface area contributed by atoms with Gasteiger partial charge in [-0.05, 0) is 24.0 Å². The summed E-state index contributed by atoms with van der Waals surface area (Å²) in [7, 11) is 1.62. The highest BCUT2D eigenvalue weighted by molar-refractivity contribution is 5.32. The Morgan fingerprint density at radius 1 is 1.42 bits per heavy atom. The largest absolute Gasteiger partial charge is 0.497 e. The average Bonchev–Trinajstić information content (AvgIpc) is 3.02. The van der Waals surface area contributed by atoms with E-state index >= 15 is 0 Å². The molecule has 2 unspecified atom stereocenters. The summed E-state index contributed by atoms with van der Waals surface area (Å²) in [4.78, 5) is 0. The lowest BCUT2D eigenvalue weighted by Crippen LogP contribution is -2.34. The number of methoxy groups -OCH3 is 1. The van der Waals surface area contributed by atoms with Crippen molar-refractivity contribution in [2.45, 2.75) is 32.4 Å². The molecule has 0 amide bonds. The lowest BCUT2D eigenvalue weighted by atomic mass is 10.2. The van der Waals surface area contributed by atoms with E-state index in [9.17, 15) is 5.11 Å². The second kappa shape index (κ2) is 5.80. The van der Waals surface area contributed by atoms with Gasteiger partial charge in [0.15, 0.2) is 0 Å². The highest BCUT2D eigenvalue weighted by Gasteiger charge is 2.45. The number of hydrogen-bond acceptors (Lipinski definition) is 4. The zero-order chi connectivity index (χ0) is 13.9. The first-order valence-corrected chi connectivity index (χ1v) is 6.69. The summed E-state index contributed by atoms with van der Waals surface area (Å²) in [6.45, 7) is 5.30. The van der Waals surface area contributed by atoms with Crippen LogP contribution in [0.2, 0.25) is 0 Å². The molecule has 2 rings (SSSR count). The van der Waals surface area contributed by atoms with Crippen LogP contribution in [0.4, 0.5) is 0 Å². The van der Waals surface area contributed by atoms with Gasteiger partial charge in [-0.3, -0.25) is 0 Å². The Hall–Kier alpha value is -1.26. The van der Waals surface area contributed by atoms with Crippen molar-refractivity contribution in [3.63, 3.8) is 0 Å². The Balaban J connectivity index is 1.69. The van der Waals surface area contributed by atoms with Crippen LogP contribution in [0.5, 0.6) is 11.5 Å². The number of rotatable bonds is 7. The molecule has 1 aromatic carbocycles. The van der Waals surface area contributed by atoms with Gasteiger partial charge in [0.25, 0.3) is 0 Å². The first kappa shape index (κ1) is 14.2. The summed E-state index contributed by atoms with van der Waals surface area (Å²) in [6.07, 6.45) is 0.679. The van der Waals surface area contributed by atoms with Gasteiger partial charge >= 0.3 is 0 Å². The number of ether oxygens (including phenoxy) is 2. The molecule has 0 radical (unpaired) electrons. The molecule has 0 saturated heterocycles. The van der Waals surface area contributed by atoms with Gasteiger partial charge < -0.3 is 19.9 Å². The Morgan fingerprint density at radius 3 is 2.74 bits per heavy atom. The lowest BCUT2D eigenvalue weighted by molar-refractivity contribution is 0.105. The SMILES string of the molecule is COc1cccc(OCC(O)CNC2CC2(C)C)c1. The van der Waals surface area contributed by atoms with Gasteiger partial charge in [0.1, 0.15) is 24.2 Å². The molecule has 1 aliphatic carbocycles. The molecule has 19 heavy (non-hydrogen) atoms. The molecule has 1 saturated carbocycles. The summed E-state index contributed by atoms with van der Waals surface area (Å²) in [5.41, 5.74) is 0.382. The smallest absolute Gasteiger partial charge is 0.123 e. The predicted octanol–water partition coefficient (Wildman–Crippen LogP) is 1.82. The normalized spacial score (nSPS) is 21.8. The van der Waals surface area contributed by atoms with Crippen LogP contribution in [0.3, 0.4) is 0 Å². The number of nitrogens with one attached hydrogen (secondary N) is 1. The van der Waals surface area contributed by atoms with Crippen LogP contribution in [0, 0.1) is 5.41 Å². The first-order valence-electron chi connectivity index (χ1n) is 6.69. The summed E-state index contributed by atoms with van der Waals surface area (Å²) >= 11 is 0. The number of aliphatic hydroxyl groups excluding tert-OH is 1. The lowest BCUT2D eigenvalue weighted by Gasteiger charge is -2.14. The van der Waals surface area contributed by atoms with E-state index in [1.54, 1.807) is 7.11 Å². The van der Waals surface area contributed by atoms with Crippen LogP contribution >= 0.6 is 0 Å². The van der Waals surface area contributed by atoms with Gasteiger partial charge in [-0.15, -0.1) is 0 Å². The van der Waals surface area contributed by atoms with Crippen LogP contribution in [-0.2, 0) is 0 Å². The summed E-state index contributed by atoms with van der Waals surface area (Å²) in [5.74, 6) is 1.47. The minimum absolute atomic E-state index is 0.285. The summed E-state index contributed by atoms with van der Waals surface area (Å²) < 4.78 is 10.7. The third-order valence-electron chi connectivity index (χ3n) is 3.60. The fourth-order valence-electron chi connectivity index (χ4n) is 2.04. The maximum Gasteiger partial charge on any atom is 0.123 e. The van der Waals surface area contributed by atoms with Gasteiger partial charge in [0.2, 0.25) is 0 Å². The third-order valence-corrected chi connectivity index (χ3v) is 3.60. The Morgan fingerprint density at radius 2 is 2.11 bits per heavy atom. The van der Waals surface area contributed by atoms with E-state index in [0.717, 1.165) is 5.75 Å². The van der Waals surface area contributed by atoms with Gasteiger partial charge in [-0.25, -0.2) is 0 Å². The molecule has 1 aromatic rings. The maximum atomic E-state index is 9.87. The topological polar surface area (TPSA) is 50.7 Å². The van der Waals surface area contributed by atoms with Crippen molar-refractivity contribution in [3.8, 4) is 11.5 Å². The molecule has 1 aliphatic rings. The van der Waals surface area contributed by atoms with E-state index < -0.39 is 6.10 Å². The molecule has 2 atom stereocenters. The fourth-order valence-corrected chi connectivity index (χ4v) is 2.04. The Bertz CT molecular complexity index is 420. The van der Waals surface area contributed by atoms with Crippen molar-refractivity contribution >= 4 is 0 Å². The minimum Gasteiger partial charge on any atom is -0.497 e. The van der Waals surface area contributed by atoms with E-state index in [1.807, 2.05) is 24.3 Å². The number of benzene rings is 1. The monoisotopic (exact) mass is 265 g/mol. The van der Waals surface area contributed by atoms with Crippen LogP contribution in [0.1, 0.15) is 20.3 Å². The molecule has 2 N–H and O–H groups in total. The van der Waals surface area contributed by atoms with Crippen molar-refractivity contribution < 1.29 is 14.6 Å². The molecule has 0 heterocycles. The molecular weight excluding hydrogens is 242 g/mol. The van der Waals surface area contributed by atoms with Crippen LogP contribution in [-0.4, -0.2) is 37.5 Å². The Labute approximate surface area is 114 Å². The van der Waals surface area contributed by atoms with Crippen molar-refractivity contribution in [1.29, 1.82) is 0 Å². The summed E-state index contributed by atoms with van der Waals surface area (Å²) in [6, 6.07) is 7.92. The fraction of sp³-hybridized carbons (Fsp3) is 0.600. The predicted molar refractivity (Wildman–Crippen MR) is 74.7 cm³/mol. The molecule has 0 aromatic heterocycles. The van der Waals surface area contributed by atoms with E-state index in [-0.39, 0.29) is 6.61 Å². The molecule has 4 heteroatoms. The molecule has 0 aliphatic heterocycles. The van der Waals surface area contributed by atoms with E-state index in [2.05, 4.69) is 19.2 Å². The van der Waals surface area contributed by atoms with Crippen molar-refractivity contribution in [1.82, 2.24) is 5.32 Å². The van der Waals surface area contributed by atoms with Crippen molar-refractivity contribution in [2.24, 2.45) is 5.41 Å². The molecule has 4 nitrogen and oxygen atoms in total. The number of aliphatic hydroxyl groups is 1. The van der Waals surface area contributed by atoms with Gasteiger partial charge in [0, 0.05) is 18.7 Å². The van der Waals surface area contributed by atoms with Gasteiger partial charge in [-0.1, -0.05) is 19.9 Å². The molecule has 0 bridgehead atoms. The van der Waals surface area contributed by atoms with Crippen molar-refractivity contribution in [3.05, 3.63) is 24.3 Å². The van der Waals surface area contributed by atoms with Crippen molar-refractivity contribution in [2.75, 3.05) is 20.3 Å². The highest BCUT2D eigenvalue weighted by atomic mass is 16.5. The highest BCUT2D eigenvalue weighted by Crippen LogP contribution is 2.44. The molecule has 106 valence electrons. The van der Waals surface area contributed by atoms with Crippen LogP contribution in [0.25, 0.3) is 0 Å². The quantitative estimate of drug-likeness (QED) is 0.789. The zero-order valence-electron chi connectivity index (χ0n) is 11.8. The maximum absolute atomic E-state index is 9.87. The average molecular weight is 265 g/mol. The molecule has 0 spiro atoms. The van der Waals surface area contributed by atoms with E-state index in [4.69, 9.17) is 9.47 Å². The molecular formula is C15H23NO3. The zero-order valence-corrected chi connectivity index (χ0v) is 11.8. The molecule has 1 fully saturated rings. The third kappa shape index (κ3) is 4.11.